The van der Waals surface area contributed by atoms with E-state index in [-0.39, 0.29) is 6.04 Å². The lowest BCUT2D eigenvalue weighted by atomic mass is 10.1. The molecule has 0 radical (unpaired) electrons. The minimum Gasteiger partial charge on any atom is -0.342 e. The quantitative estimate of drug-likeness (QED) is 0.900. The average molecular weight is 269 g/mol. The van der Waals surface area contributed by atoms with Gasteiger partial charge in [-0.3, -0.25) is 0 Å². The van der Waals surface area contributed by atoms with E-state index in [0.717, 1.165) is 17.8 Å². The number of hydrogen-bond donors (Lipinski definition) is 2. The molecule has 0 aliphatic carbocycles. The molecule has 2 rings (SSSR count). The Hall–Kier alpha value is -1.82. The number of nitrogens with two attached hydrogens (primary N) is 1. The van der Waals surface area contributed by atoms with Crippen molar-refractivity contribution in [3.05, 3.63) is 41.7 Å². The normalized spacial score (nSPS) is 13.5. The molecule has 1 atom stereocenters. The highest BCUT2D eigenvalue weighted by atomic mass is 19.4. The number of hydrogen-bond acceptors (Lipinski definition) is 2. The smallest absolute Gasteiger partial charge is 0.342 e. The Kier molecular flexibility index (Phi) is 3.61. The fourth-order valence-electron chi connectivity index (χ4n) is 1.80. The Bertz CT molecular complexity index is 558. The highest BCUT2D eigenvalue weighted by molar-refractivity contribution is 5.56. The summed E-state index contributed by atoms with van der Waals surface area (Å²) >= 11 is 0. The first-order valence-corrected chi connectivity index (χ1v) is 5.83. The van der Waals surface area contributed by atoms with E-state index < -0.39 is 11.7 Å². The number of aromatic nitrogens is 2. The molecule has 1 heterocycles. The number of H-pyrrole nitrogens is 1. The second kappa shape index (κ2) is 5.05. The Morgan fingerprint density at radius 3 is 2.74 bits per heavy atom. The molecule has 2 aromatic rings. The van der Waals surface area contributed by atoms with Crippen LogP contribution in [0.4, 0.5) is 13.2 Å². The number of halogens is 3. The number of imidazole rings is 1. The summed E-state index contributed by atoms with van der Waals surface area (Å²) in [6.07, 6.45) is -2.15. The van der Waals surface area contributed by atoms with Gasteiger partial charge in [0.05, 0.1) is 5.56 Å². The molecule has 19 heavy (non-hydrogen) atoms. The molecular formula is C13H14F3N3. The van der Waals surface area contributed by atoms with Gasteiger partial charge in [0.15, 0.2) is 0 Å². The number of aromatic amines is 1. The molecule has 6 heteroatoms. The van der Waals surface area contributed by atoms with Gasteiger partial charge in [0, 0.05) is 29.9 Å². The van der Waals surface area contributed by atoms with Crippen LogP contribution in [0.3, 0.4) is 0 Å². The summed E-state index contributed by atoms with van der Waals surface area (Å²) in [6, 6.07) is 5.04. The Labute approximate surface area is 108 Å². The van der Waals surface area contributed by atoms with Gasteiger partial charge in [-0.1, -0.05) is 12.1 Å². The van der Waals surface area contributed by atoms with Crippen LogP contribution in [-0.2, 0) is 12.6 Å². The fourth-order valence-corrected chi connectivity index (χ4v) is 1.80. The van der Waals surface area contributed by atoms with E-state index in [1.807, 2.05) is 6.92 Å². The predicted molar refractivity (Wildman–Crippen MR) is 66.4 cm³/mol. The largest absolute Gasteiger partial charge is 0.416 e. The summed E-state index contributed by atoms with van der Waals surface area (Å²) in [7, 11) is 0. The van der Waals surface area contributed by atoms with Crippen molar-refractivity contribution >= 4 is 0 Å². The lowest BCUT2D eigenvalue weighted by Crippen LogP contribution is -2.17. The maximum atomic E-state index is 12.6. The number of rotatable bonds is 3. The fraction of sp³-hybridized carbons (Fsp3) is 0.308. The number of nitrogens with one attached hydrogen (secondary N) is 1. The van der Waals surface area contributed by atoms with E-state index in [2.05, 4.69) is 9.97 Å². The third-order valence-electron chi connectivity index (χ3n) is 2.63. The summed E-state index contributed by atoms with van der Waals surface area (Å²) in [5.41, 5.74) is 6.19. The number of alkyl halides is 3. The molecule has 3 N–H and O–H groups in total. The van der Waals surface area contributed by atoms with E-state index in [1.165, 1.54) is 6.07 Å². The number of benzene rings is 1. The van der Waals surface area contributed by atoms with Crippen LogP contribution in [0.2, 0.25) is 0 Å². The van der Waals surface area contributed by atoms with Gasteiger partial charge in [0.2, 0.25) is 0 Å². The van der Waals surface area contributed by atoms with Crippen molar-refractivity contribution in [2.45, 2.75) is 25.6 Å². The molecule has 1 aromatic heterocycles. The molecule has 1 aromatic carbocycles. The average Bonchev–Trinajstić information content (AvgIpc) is 2.76. The summed E-state index contributed by atoms with van der Waals surface area (Å²) in [4.78, 5) is 7.07. The molecule has 0 saturated heterocycles. The highest BCUT2D eigenvalue weighted by Crippen LogP contribution is 2.31. The zero-order chi connectivity index (χ0) is 14.0. The molecule has 0 unspecified atom stereocenters. The maximum Gasteiger partial charge on any atom is 0.416 e. The van der Waals surface area contributed by atoms with Crippen LogP contribution >= 0.6 is 0 Å². The molecule has 102 valence electrons. The predicted octanol–water partition coefficient (Wildman–Crippen LogP) is 2.99. The zero-order valence-electron chi connectivity index (χ0n) is 10.3. The third kappa shape index (κ3) is 3.35. The SMILES string of the molecule is C[C@H](N)Cc1cnc(-c2cccc(C(F)(F)F)c2)[nH]1. The van der Waals surface area contributed by atoms with Gasteiger partial charge in [-0.05, 0) is 19.1 Å². The van der Waals surface area contributed by atoms with Crippen molar-refractivity contribution in [3.8, 4) is 11.4 Å². The summed E-state index contributed by atoms with van der Waals surface area (Å²) in [5.74, 6) is 0.418. The maximum absolute atomic E-state index is 12.6. The lowest BCUT2D eigenvalue weighted by Gasteiger charge is -2.07. The third-order valence-corrected chi connectivity index (χ3v) is 2.63. The van der Waals surface area contributed by atoms with E-state index in [4.69, 9.17) is 5.73 Å². The second-order valence-corrected chi connectivity index (χ2v) is 4.52. The van der Waals surface area contributed by atoms with Crippen LogP contribution in [-0.4, -0.2) is 16.0 Å². The van der Waals surface area contributed by atoms with E-state index in [0.29, 0.717) is 17.8 Å². The monoisotopic (exact) mass is 269 g/mol. The molecule has 0 fully saturated rings. The van der Waals surface area contributed by atoms with Crippen molar-refractivity contribution in [2.75, 3.05) is 0 Å². The van der Waals surface area contributed by atoms with Crippen LogP contribution in [0.15, 0.2) is 30.5 Å². The van der Waals surface area contributed by atoms with Crippen LogP contribution < -0.4 is 5.73 Å². The number of nitrogens with zero attached hydrogens (tertiary/aromatic N) is 1. The van der Waals surface area contributed by atoms with Crippen molar-refractivity contribution in [1.29, 1.82) is 0 Å². The van der Waals surface area contributed by atoms with Gasteiger partial charge in [0.1, 0.15) is 5.82 Å². The van der Waals surface area contributed by atoms with Crippen LogP contribution in [0.25, 0.3) is 11.4 Å². The molecular weight excluding hydrogens is 255 g/mol. The van der Waals surface area contributed by atoms with Gasteiger partial charge in [-0.15, -0.1) is 0 Å². The Balaban J connectivity index is 2.29. The van der Waals surface area contributed by atoms with E-state index in [1.54, 1.807) is 12.3 Å². The molecule has 0 amide bonds. The minimum absolute atomic E-state index is 0.0326. The Morgan fingerprint density at radius 1 is 1.37 bits per heavy atom. The summed E-state index contributed by atoms with van der Waals surface area (Å²) in [6.45, 7) is 1.85. The Morgan fingerprint density at radius 2 is 2.11 bits per heavy atom. The lowest BCUT2D eigenvalue weighted by molar-refractivity contribution is -0.137. The molecule has 0 bridgehead atoms. The van der Waals surface area contributed by atoms with E-state index >= 15 is 0 Å². The van der Waals surface area contributed by atoms with Crippen LogP contribution in [0.5, 0.6) is 0 Å². The van der Waals surface area contributed by atoms with Gasteiger partial charge in [0.25, 0.3) is 0 Å². The van der Waals surface area contributed by atoms with Crippen molar-refractivity contribution < 1.29 is 13.2 Å². The van der Waals surface area contributed by atoms with E-state index in [9.17, 15) is 13.2 Å². The molecule has 0 saturated carbocycles. The van der Waals surface area contributed by atoms with Crippen molar-refractivity contribution in [3.63, 3.8) is 0 Å². The van der Waals surface area contributed by atoms with Crippen molar-refractivity contribution in [2.24, 2.45) is 5.73 Å². The van der Waals surface area contributed by atoms with Gasteiger partial charge in [-0.2, -0.15) is 13.2 Å². The molecule has 0 spiro atoms. The topological polar surface area (TPSA) is 54.7 Å². The zero-order valence-corrected chi connectivity index (χ0v) is 10.3. The van der Waals surface area contributed by atoms with Crippen molar-refractivity contribution in [1.82, 2.24) is 9.97 Å². The summed E-state index contributed by atoms with van der Waals surface area (Å²) < 4.78 is 37.8. The van der Waals surface area contributed by atoms with Crippen LogP contribution in [0, 0.1) is 0 Å². The molecule has 3 nitrogen and oxygen atoms in total. The molecule has 0 aliphatic rings. The standard InChI is InChI=1S/C13H14F3N3/c1-8(17)5-11-7-18-12(19-11)9-3-2-4-10(6-9)13(14,15)16/h2-4,6-8H,5,17H2,1H3,(H,18,19)/t8-/m0/s1. The van der Waals surface area contributed by atoms with Crippen LogP contribution in [0.1, 0.15) is 18.2 Å². The molecule has 0 aliphatic heterocycles. The van der Waals surface area contributed by atoms with Gasteiger partial charge in [-0.25, -0.2) is 4.98 Å². The first-order chi connectivity index (χ1) is 8.86. The first-order valence-electron chi connectivity index (χ1n) is 5.83. The second-order valence-electron chi connectivity index (χ2n) is 4.52. The van der Waals surface area contributed by atoms with Gasteiger partial charge >= 0.3 is 6.18 Å². The summed E-state index contributed by atoms with van der Waals surface area (Å²) in [5, 5.41) is 0. The minimum atomic E-state index is -4.35. The highest BCUT2D eigenvalue weighted by Gasteiger charge is 2.30. The van der Waals surface area contributed by atoms with Gasteiger partial charge < -0.3 is 10.7 Å². The first kappa shape index (κ1) is 13.6.